The molecule has 0 N–H and O–H groups in total. The predicted molar refractivity (Wildman–Crippen MR) is 67.9 cm³/mol. The molecule has 4 nitrogen and oxygen atoms in total. The molecular formula is C13H7F15O4. The van der Waals surface area contributed by atoms with Crippen LogP contribution in [0.2, 0.25) is 0 Å². The standard InChI is InChI=1S/C13H7F15O4/c1-2-5(29)31-3-4-32-6(30)7(14,15)8(16,17)9(18,19)10(20,21)11(22,23)12(24,25)13(26,27)28/h2H,1,3-4H2. The minimum atomic E-state index is -8.51. The molecule has 0 rings (SSSR count). The van der Waals surface area contributed by atoms with Crippen LogP contribution in [0.4, 0.5) is 65.9 Å². The lowest BCUT2D eigenvalue weighted by atomic mass is 9.91. The maximum Gasteiger partial charge on any atom is 0.460 e. The first kappa shape index (κ1) is 29.6. The summed E-state index contributed by atoms with van der Waals surface area (Å²) >= 11 is 0. The molecule has 188 valence electrons. The molecule has 0 aromatic heterocycles. The van der Waals surface area contributed by atoms with Crippen molar-refractivity contribution in [2.24, 2.45) is 0 Å². The fraction of sp³-hybridized carbons (Fsp3) is 0.692. The lowest BCUT2D eigenvalue weighted by molar-refractivity contribution is -0.450. The molecule has 0 aliphatic rings. The van der Waals surface area contributed by atoms with Crippen LogP contribution in [0, 0.1) is 0 Å². The van der Waals surface area contributed by atoms with Crippen molar-refractivity contribution in [1.29, 1.82) is 0 Å². The van der Waals surface area contributed by atoms with Crippen LogP contribution < -0.4 is 0 Å². The molecule has 0 fully saturated rings. The minimum absolute atomic E-state index is 0.435. The summed E-state index contributed by atoms with van der Waals surface area (Å²) < 4.78 is 201. The van der Waals surface area contributed by atoms with Crippen LogP contribution in [-0.2, 0) is 19.1 Å². The van der Waals surface area contributed by atoms with Gasteiger partial charge in [-0.15, -0.1) is 0 Å². The van der Waals surface area contributed by atoms with Gasteiger partial charge in [0.05, 0.1) is 0 Å². The van der Waals surface area contributed by atoms with Crippen molar-refractivity contribution >= 4 is 11.9 Å². The summed E-state index contributed by atoms with van der Waals surface area (Å²) in [5.74, 6) is -53.8. The first-order valence-electron chi connectivity index (χ1n) is 7.18. The molecule has 0 unspecified atom stereocenters. The zero-order valence-electron chi connectivity index (χ0n) is 14.5. The number of carbonyl (C=O) groups excluding carboxylic acids is 2. The molecule has 0 aromatic rings. The van der Waals surface area contributed by atoms with Gasteiger partial charge in [-0.05, 0) is 0 Å². The van der Waals surface area contributed by atoms with Crippen molar-refractivity contribution in [2.75, 3.05) is 13.2 Å². The third kappa shape index (κ3) is 4.41. The van der Waals surface area contributed by atoms with Crippen LogP contribution in [0.5, 0.6) is 0 Å². The average Bonchev–Trinajstić information content (AvgIpc) is 2.62. The van der Waals surface area contributed by atoms with Gasteiger partial charge in [-0.2, -0.15) is 65.9 Å². The van der Waals surface area contributed by atoms with Gasteiger partial charge in [0.1, 0.15) is 13.2 Å². The lowest BCUT2D eigenvalue weighted by Crippen LogP contribution is -2.73. The normalized spacial score (nSPS) is 14.7. The van der Waals surface area contributed by atoms with Gasteiger partial charge in [0.25, 0.3) is 0 Å². The largest absolute Gasteiger partial charge is 0.460 e. The molecule has 0 aliphatic heterocycles. The summed E-state index contributed by atoms with van der Waals surface area (Å²) in [7, 11) is 0. The highest BCUT2D eigenvalue weighted by Crippen LogP contribution is 2.62. The van der Waals surface area contributed by atoms with E-state index in [0.29, 0.717) is 6.08 Å². The number of ether oxygens (including phenoxy) is 2. The topological polar surface area (TPSA) is 52.6 Å². The van der Waals surface area contributed by atoms with E-state index in [1.54, 1.807) is 0 Å². The highest BCUT2D eigenvalue weighted by molar-refractivity contribution is 5.81. The predicted octanol–water partition coefficient (Wildman–Crippen LogP) is 4.63. The number of halogens is 15. The Kier molecular flexibility index (Phi) is 7.89. The molecule has 19 heteroatoms. The number of carbonyl (C=O) groups is 2. The molecule has 32 heavy (non-hydrogen) atoms. The molecule has 0 aromatic carbocycles. The first-order chi connectivity index (χ1) is 13.9. The van der Waals surface area contributed by atoms with E-state index in [-0.39, 0.29) is 0 Å². The van der Waals surface area contributed by atoms with Crippen molar-refractivity contribution in [3.05, 3.63) is 12.7 Å². The highest BCUT2D eigenvalue weighted by Gasteiger charge is 2.94. The highest BCUT2D eigenvalue weighted by atomic mass is 19.4. The van der Waals surface area contributed by atoms with Crippen molar-refractivity contribution in [3.8, 4) is 0 Å². The minimum Gasteiger partial charge on any atom is -0.459 e. The van der Waals surface area contributed by atoms with Crippen LogP contribution in [0.3, 0.4) is 0 Å². The Morgan fingerprint density at radius 3 is 1.31 bits per heavy atom. The van der Waals surface area contributed by atoms with E-state index in [4.69, 9.17) is 0 Å². The second-order valence-electron chi connectivity index (χ2n) is 5.45. The molecule has 0 saturated heterocycles. The molecule has 0 radical (unpaired) electrons. The van der Waals surface area contributed by atoms with Crippen molar-refractivity contribution in [1.82, 2.24) is 0 Å². The van der Waals surface area contributed by atoms with Gasteiger partial charge < -0.3 is 9.47 Å². The van der Waals surface area contributed by atoms with E-state index in [1.165, 1.54) is 0 Å². The molecule has 0 bridgehead atoms. The summed E-state index contributed by atoms with van der Waals surface area (Å²) in [6.07, 6.45) is -7.29. The third-order valence-electron chi connectivity index (χ3n) is 3.31. The Balaban J connectivity index is 6.07. The van der Waals surface area contributed by atoms with Gasteiger partial charge in [0.2, 0.25) is 0 Å². The Morgan fingerprint density at radius 2 is 0.938 bits per heavy atom. The summed E-state index contributed by atoms with van der Waals surface area (Å²) in [6.45, 7) is -0.0588. The zero-order chi connectivity index (χ0) is 26.2. The van der Waals surface area contributed by atoms with Gasteiger partial charge in [-0.1, -0.05) is 6.58 Å². The van der Waals surface area contributed by atoms with E-state index in [9.17, 15) is 75.4 Å². The number of rotatable bonds is 10. The second-order valence-corrected chi connectivity index (χ2v) is 5.45. The number of hydrogen-bond acceptors (Lipinski definition) is 4. The zero-order valence-corrected chi connectivity index (χ0v) is 14.5. The summed E-state index contributed by atoms with van der Waals surface area (Å²) in [6, 6.07) is 0. The summed E-state index contributed by atoms with van der Waals surface area (Å²) in [5.41, 5.74) is 0. The van der Waals surface area contributed by atoms with E-state index in [0.717, 1.165) is 0 Å². The van der Waals surface area contributed by atoms with E-state index in [1.807, 2.05) is 0 Å². The monoisotopic (exact) mass is 512 g/mol. The maximum absolute atomic E-state index is 13.4. The van der Waals surface area contributed by atoms with Gasteiger partial charge in [-0.25, -0.2) is 9.59 Å². The Morgan fingerprint density at radius 1 is 0.594 bits per heavy atom. The lowest BCUT2D eigenvalue weighted by Gasteiger charge is -2.40. The molecule has 0 heterocycles. The Hall–Kier alpha value is -2.37. The van der Waals surface area contributed by atoms with Crippen molar-refractivity contribution in [3.63, 3.8) is 0 Å². The van der Waals surface area contributed by atoms with Gasteiger partial charge in [0, 0.05) is 6.08 Å². The van der Waals surface area contributed by atoms with E-state index < -0.39 is 66.9 Å². The van der Waals surface area contributed by atoms with Crippen LogP contribution in [-0.4, -0.2) is 66.9 Å². The van der Waals surface area contributed by atoms with Crippen LogP contribution in [0.25, 0.3) is 0 Å². The van der Waals surface area contributed by atoms with Crippen LogP contribution in [0.15, 0.2) is 12.7 Å². The number of alkyl halides is 15. The van der Waals surface area contributed by atoms with Gasteiger partial charge >= 0.3 is 53.7 Å². The number of esters is 2. The van der Waals surface area contributed by atoms with E-state index >= 15 is 0 Å². The Labute approximate surface area is 165 Å². The second kappa shape index (κ2) is 8.53. The fourth-order valence-corrected chi connectivity index (χ4v) is 1.52. The van der Waals surface area contributed by atoms with Crippen LogP contribution >= 0.6 is 0 Å². The Bertz CT molecular complexity index is 725. The van der Waals surface area contributed by atoms with Crippen molar-refractivity contribution < 1.29 is 84.9 Å². The van der Waals surface area contributed by atoms with Gasteiger partial charge in [0.15, 0.2) is 0 Å². The van der Waals surface area contributed by atoms with E-state index in [2.05, 4.69) is 16.1 Å². The molecule has 0 spiro atoms. The first-order valence-corrected chi connectivity index (χ1v) is 7.18. The molecular weight excluding hydrogens is 505 g/mol. The smallest absolute Gasteiger partial charge is 0.459 e. The summed E-state index contributed by atoms with van der Waals surface area (Å²) in [5, 5.41) is 0. The molecule has 0 atom stereocenters. The fourth-order valence-electron chi connectivity index (χ4n) is 1.52. The number of hydrogen-bond donors (Lipinski definition) is 0. The average molecular weight is 512 g/mol. The maximum atomic E-state index is 13.4. The van der Waals surface area contributed by atoms with Gasteiger partial charge in [-0.3, -0.25) is 0 Å². The summed E-state index contributed by atoms with van der Waals surface area (Å²) in [4.78, 5) is 21.5. The van der Waals surface area contributed by atoms with Crippen molar-refractivity contribution in [2.45, 2.75) is 41.7 Å². The quantitative estimate of drug-likeness (QED) is 0.186. The third-order valence-corrected chi connectivity index (χ3v) is 3.31. The SMILES string of the molecule is C=CC(=O)OCCOC(=O)C(F)(F)C(F)(F)C(F)(F)C(F)(F)C(F)(F)C(F)(F)C(F)(F)F. The van der Waals surface area contributed by atoms with Crippen LogP contribution in [0.1, 0.15) is 0 Å². The molecule has 0 amide bonds. The molecule has 0 saturated carbocycles. The molecule has 0 aliphatic carbocycles.